The van der Waals surface area contributed by atoms with Gasteiger partial charge in [0.2, 0.25) is 10.0 Å². The van der Waals surface area contributed by atoms with Gasteiger partial charge in [-0.25, -0.2) is 18.4 Å². The Hall–Kier alpha value is -3.94. The fourth-order valence-electron chi connectivity index (χ4n) is 4.30. The number of nitrogens with one attached hydrogen (secondary N) is 2. The van der Waals surface area contributed by atoms with E-state index in [4.69, 9.17) is 21.6 Å². The Morgan fingerprint density at radius 1 is 0.811 bits per heavy atom. The Balaban J connectivity index is 1.52. The number of aromatic nitrogens is 2. The number of sulfonamides is 1. The molecular weight excluding hydrogens is 504 g/mol. The first-order chi connectivity index (χ1) is 17.9. The Bertz CT molecular complexity index is 1610. The number of rotatable bonds is 8. The molecule has 1 heterocycles. The highest BCUT2D eigenvalue weighted by molar-refractivity contribution is 7.92. The van der Waals surface area contributed by atoms with Crippen molar-refractivity contribution in [1.82, 2.24) is 9.97 Å². The third kappa shape index (κ3) is 5.90. The molecule has 0 saturated carbocycles. The van der Waals surface area contributed by atoms with Gasteiger partial charge < -0.3 is 5.32 Å². The lowest BCUT2D eigenvalue weighted by atomic mass is 9.91. The molecule has 6 nitrogen and oxygen atoms in total. The van der Waals surface area contributed by atoms with E-state index in [2.05, 4.69) is 34.3 Å². The average Bonchev–Trinajstić information content (AvgIpc) is 2.89. The van der Waals surface area contributed by atoms with Crippen LogP contribution in [-0.2, 0) is 10.0 Å². The van der Waals surface area contributed by atoms with Crippen LogP contribution < -0.4 is 10.0 Å². The van der Waals surface area contributed by atoms with E-state index in [1.54, 1.807) is 18.2 Å². The molecule has 0 unspecified atom stereocenters. The lowest BCUT2D eigenvalue weighted by Crippen LogP contribution is -2.15. The minimum atomic E-state index is -3.42. The first kappa shape index (κ1) is 24.7. The highest BCUT2D eigenvalue weighted by Crippen LogP contribution is 2.32. The van der Waals surface area contributed by atoms with Crippen LogP contribution in [0.15, 0.2) is 103 Å². The van der Waals surface area contributed by atoms with Gasteiger partial charge in [-0.3, -0.25) is 4.72 Å². The second-order valence-electron chi connectivity index (χ2n) is 8.74. The van der Waals surface area contributed by atoms with E-state index >= 15 is 0 Å². The topological polar surface area (TPSA) is 84.0 Å². The number of para-hydroxylation sites is 1. The first-order valence-electron chi connectivity index (χ1n) is 11.8. The average molecular weight is 529 g/mol. The van der Waals surface area contributed by atoms with Gasteiger partial charge in [0.25, 0.3) is 0 Å². The van der Waals surface area contributed by atoms with Crippen molar-refractivity contribution in [2.24, 2.45) is 0 Å². The second kappa shape index (κ2) is 10.6. The van der Waals surface area contributed by atoms with Gasteiger partial charge in [-0.1, -0.05) is 84.4 Å². The maximum atomic E-state index is 11.6. The van der Waals surface area contributed by atoms with E-state index in [-0.39, 0.29) is 5.92 Å². The molecule has 0 atom stereocenters. The van der Waals surface area contributed by atoms with Crippen molar-refractivity contribution >= 4 is 44.0 Å². The molecule has 8 heteroatoms. The molecule has 0 bridgehead atoms. The third-order valence-electron chi connectivity index (χ3n) is 5.99. The van der Waals surface area contributed by atoms with E-state index < -0.39 is 10.0 Å². The Kier molecular flexibility index (Phi) is 7.08. The minimum absolute atomic E-state index is 0.115. The van der Waals surface area contributed by atoms with Crippen LogP contribution in [0.4, 0.5) is 11.5 Å². The number of anilines is 2. The van der Waals surface area contributed by atoms with Crippen LogP contribution in [-0.4, -0.2) is 31.2 Å². The fourth-order valence-corrected chi connectivity index (χ4v) is 5.12. The maximum Gasteiger partial charge on any atom is 0.229 e. The quantitative estimate of drug-likeness (QED) is 0.238. The molecular formula is C29H25ClN4O2S. The molecule has 0 fully saturated rings. The summed E-state index contributed by atoms with van der Waals surface area (Å²) in [6, 6.07) is 33.5. The number of hydrogen-bond acceptors (Lipinski definition) is 5. The largest absolute Gasteiger partial charge is 0.368 e. The summed E-state index contributed by atoms with van der Waals surface area (Å²) >= 11 is 6.55. The molecule has 5 rings (SSSR count). The van der Waals surface area contributed by atoms with E-state index in [1.165, 1.54) is 11.1 Å². The number of fused-ring (bicyclic) bond motifs is 1. The molecule has 0 aliphatic rings. The van der Waals surface area contributed by atoms with E-state index in [0.717, 1.165) is 17.2 Å². The van der Waals surface area contributed by atoms with Gasteiger partial charge in [-0.2, -0.15) is 0 Å². The standard InChI is InChI=1S/C29H25ClN4O2S/c1-37(35,36)34-22-16-17-23(26(30)18-22)29-32-27-15-9-8-14-24(27)28(33-29)31-19-25(20-10-4-2-5-11-20)21-12-6-3-7-13-21/h2-18,25,34H,19H2,1H3,(H,31,32,33). The highest BCUT2D eigenvalue weighted by Gasteiger charge is 2.17. The van der Waals surface area contributed by atoms with Crippen molar-refractivity contribution in [2.45, 2.75) is 5.92 Å². The summed E-state index contributed by atoms with van der Waals surface area (Å²) in [5.74, 6) is 1.27. The molecule has 5 aromatic rings. The summed E-state index contributed by atoms with van der Waals surface area (Å²) in [6.45, 7) is 0.624. The zero-order valence-corrected chi connectivity index (χ0v) is 21.7. The molecule has 4 aromatic carbocycles. The Labute approximate surface area is 221 Å². The van der Waals surface area contributed by atoms with Crippen LogP contribution in [0.5, 0.6) is 0 Å². The van der Waals surface area contributed by atoms with Crippen molar-refractivity contribution in [3.8, 4) is 11.4 Å². The van der Waals surface area contributed by atoms with Crippen LogP contribution in [0.25, 0.3) is 22.3 Å². The molecule has 37 heavy (non-hydrogen) atoms. The van der Waals surface area contributed by atoms with Crippen molar-refractivity contribution in [1.29, 1.82) is 0 Å². The smallest absolute Gasteiger partial charge is 0.229 e. The summed E-state index contributed by atoms with van der Waals surface area (Å²) in [5, 5.41) is 4.82. The maximum absolute atomic E-state index is 11.6. The molecule has 1 aromatic heterocycles. The SMILES string of the molecule is CS(=O)(=O)Nc1ccc(-c2nc(NCC(c3ccccc3)c3ccccc3)c3ccccc3n2)c(Cl)c1. The van der Waals surface area contributed by atoms with Crippen LogP contribution in [0.1, 0.15) is 17.0 Å². The number of halogens is 1. The van der Waals surface area contributed by atoms with Crippen LogP contribution in [0.2, 0.25) is 5.02 Å². The minimum Gasteiger partial charge on any atom is -0.368 e. The molecule has 2 N–H and O–H groups in total. The van der Waals surface area contributed by atoms with Gasteiger partial charge >= 0.3 is 0 Å². The van der Waals surface area contributed by atoms with Gasteiger partial charge in [0.05, 0.1) is 16.8 Å². The van der Waals surface area contributed by atoms with Crippen LogP contribution >= 0.6 is 11.6 Å². The predicted octanol–water partition coefficient (Wildman–Crippen LogP) is 6.57. The van der Waals surface area contributed by atoms with E-state index in [9.17, 15) is 8.42 Å². The lowest BCUT2D eigenvalue weighted by molar-refractivity contribution is 0.607. The molecule has 0 radical (unpaired) electrons. The fraction of sp³-hybridized carbons (Fsp3) is 0.103. The van der Waals surface area contributed by atoms with Crippen molar-refractivity contribution in [3.05, 3.63) is 119 Å². The van der Waals surface area contributed by atoms with Crippen molar-refractivity contribution in [2.75, 3.05) is 22.8 Å². The van der Waals surface area contributed by atoms with E-state index in [1.807, 2.05) is 60.7 Å². The number of benzene rings is 4. The summed E-state index contributed by atoms with van der Waals surface area (Å²) < 4.78 is 25.6. The van der Waals surface area contributed by atoms with Gasteiger partial charge in [-0.05, 0) is 41.5 Å². The molecule has 0 aliphatic heterocycles. The van der Waals surface area contributed by atoms with Crippen molar-refractivity contribution < 1.29 is 8.42 Å². The highest BCUT2D eigenvalue weighted by atomic mass is 35.5. The van der Waals surface area contributed by atoms with Gasteiger partial charge in [0, 0.05) is 29.1 Å². The van der Waals surface area contributed by atoms with E-state index in [0.29, 0.717) is 34.5 Å². The molecule has 0 saturated heterocycles. The summed E-state index contributed by atoms with van der Waals surface area (Å²) in [4.78, 5) is 9.59. The molecule has 0 aliphatic carbocycles. The Morgan fingerprint density at radius 2 is 1.43 bits per heavy atom. The zero-order chi connectivity index (χ0) is 25.8. The van der Waals surface area contributed by atoms with Crippen LogP contribution in [0, 0.1) is 0 Å². The van der Waals surface area contributed by atoms with Crippen LogP contribution in [0.3, 0.4) is 0 Å². The number of hydrogen-bond donors (Lipinski definition) is 2. The van der Waals surface area contributed by atoms with Gasteiger partial charge in [-0.15, -0.1) is 0 Å². The number of nitrogens with zero attached hydrogens (tertiary/aromatic N) is 2. The zero-order valence-electron chi connectivity index (χ0n) is 20.1. The van der Waals surface area contributed by atoms with Gasteiger partial charge in [0.15, 0.2) is 5.82 Å². The monoisotopic (exact) mass is 528 g/mol. The normalized spacial score (nSPS) is 11.5. The lowest BCUT2D eigenvalue weighted by Gasteiger charge is -2.20. The summed E-state index contributed by atoms with van der Waals surface area (Å²) in [5.41, 5.74) is 4.18. The van der Waals surface area contributed by atoms with Gasteiger partial charge in [0.1, 0.15) is 5.82 Å². The molecule has 0 amide bonds. The summed E-state index contributed by atoms with van der Waals surface area (Å²) in [7, 11) is -3.42. The first-order valence-corrected chi connectivity index (χ1v) is 14.0. The second-order valence-corrected chi connectivity index (χ2v) is 10.9. The van der Waals surface area contributed by atoms with Crippen molar-refractivity contribution in [3.63, 3.8) is 0 Å². The Morgan fingerprint density at radius 3 is 2.05 bits per heavy atom. The predicted molar refractivity (Wildman–Crippen MR) is 152 cm³/mol. The third-order valence-corrected chi connectivity index (χ3v) is 6.91. The molecule has 186 valence electrons. The summed E-state index contributed by atoms with van der Waals surface area (Å²) in [6.07, 6.45) is 1.09. The molecule has 0 spiro atoms.